The second kappa shape index (κ2) is 6.59. The van der Waals surface area contributed by atoms with E-state index in [9.17, 15) is 8.42 Å². The highest BCUT2D eigenvalue weighted by Gasteiger charge is 2.28. The number of benzene rings is 2. The van der Waals surface area contributed by atoms with Crippen LogP contribution in [-0.4, -0.2) is 27.4 Å². The van der Waals surface area contributed by atoms with Gasteiger partial charge in [-0.3, -0.25) is 4.72 Å². The molecular formula is C19H21NO4S. The summed E-state index contributed by atoms with van der Waals surface area (Å²) in [6.45, 7) is 1.17. The molecule has 2 aromatic carbocycles. The fourth-order valence-corrected chi connectivity index (χ4v) is 4.56. The number of anilines is 1. The molecular weight excluding hydrogens is 338 g/mol. The van der Waals surface area contributed by atoms with Gasteiger partial charge in [-0.15, -0.1) is 0 Å². The van der Waals surface area contributed by atoms with E-state index in [2.05, 4.69) is 4.72 Å². The number of aryl methyl sites for hydroxylation is 1. The van der Waals surface area contributed by atoms with E-state index in [1.165, 1.54) is 0 Å². The lowest BCUT2D eigenvalue weighted by Crippen LogP contribution is -2.18. The molecule has 2 aromatic rings. The Morgan fingerprint density at radius 1 is 1.04 bits per heavy atom. The minimum absolute atomic E-state index is 0.0845. The average molecular weight is 359 g/mol. The van der Waals surface area contributed by atoms with E-state index in [0.717, 1.165) is 35.3 Å². The van der Waals surface area contributed by atoms with Gasteiger partial charge in [-0.1, -0.05) is 30.3 Å². The van der Waals surface area contributed by atoms with Crippen molar-refractivity contribution in [3.05, 3.63) is 53.1 Å². The lowest BCUT2D eigenvalue weighted by atomic mass is 10.0. The molecule has 2 aliphatic rings. The summed E-state index contributed by atoms with van der Waals surface area (Å²) in [5, 5.41) is 0. The number of nitrogens with one attached hydrogen (secondary N) is 1. The van der Waals surface area contributed by atoms with Crippen molar-refractivity contribution in [1.29, 1.82) is 0 Å². The predicted molar refractivity (Wildman–Crippen MR) is 97.0 cm³/mol. The molecule has 6 heteroatoms. The molecule has 4 rings (SSSR count). The molecule has 0 aliphatic carbocycles. The van der Waals surface area contributed by atoms with Crippen molar-refractivity contribution < 1.29 is 17.9 Å². The molecule has 0 atom stereocenters. The maximum Gasteiger partial charge on any atom is 0.232 e. The average Bonchev–Trinajstić information content (AvgIpc) is 3.24. The van der Waals surface area contributed by atoms with Gasteiger partial charge in [-0.2, -0.15) is 0 Å². The van der Waals surface area contributed by atoms with Crippen molar-refractivity contribution in [2.24, 2.45) is 0 Å². The van der Waals surface area contributed by atoms with E-state index >= 15 is 0 Å². The quantitative estimate of drug-likeness (QED) is 0.861. The molecule has 132 valence electrons. The van der Waals surface area contributed by atoms with Crippen LogP contribution in [0.4, 0.5) is 5.69 Å². The van der Waals surface area contributed by atoms with E-state index in [4.69, 9.17) is 9.47 Å². The highest BCUT2D eigenvalue weighted by molar-refractivity contribution is 7.92. The van der Waals surface area contributed by atoms with Gasteiger partial charge in [-0.05, 0) is 24.5 Å². The van der Waals surface area contributed by atoms with Gasteiger partial charge in [0.15, 0.2) is 0 Å². The highest BCUT2D eigenvalue weighted by Crippen LogP contribution is 2.44. The molecule has 2 aliphatic heterocycles. The van der Waals surface area contributed by atoms with Crippen LogP contribution in [0.5, 0.6) is 11.5 Å². The number of hydrogen-bond donors (Lipinski definition) is 1. The Morgan fingerprint density at radius 2 is 1.84 bits per heavy atom. The Balaban J connectivity index is 1.50. The molecule has 0 saturated carbocycles. The van der Waals surface area contributed by atoms with E-state index in [1.807, 2.05) is 36.4 Å². The monoisotopic (exact) mass is 359 g/mol. The van der Waals surface area contributed by atoms with Crippen LogP contribution in [0.25, 0.3) is 0 Å². The molecule has 0 amide bonds. The van der Waals surface area contributed by atoms with Gasteiger partial charge in [0, 0.05) is 24.0 Å². The van der Waals surface area contributed by atoms with E-state index < -0.39 is 10.0 Å². The van der Waals surface area contributed by atoms with Crippen molar-refractivity contribution >= 4 is 15.7 Å². The first-order valence-corrected chi connectivity index (χ1v) is 10.3. The topological polar surface area (TPSA) is 64.6 Å². The molecule has 5 nitrogen and oxygen atoms in total. The van der Waals surface area contributed by atoms with Crippen molar-refractivity contribution in [3.63, 3.8) is 0 Å². The summed E-state index contributed by atoms with van der Waals surface area (Å²) in [6, 6.07) is 11.9. The third-order valence-corrected chi connectivity index (χ3v) is 5.97. The minimum atomic E-state index is -3.43. The summed E-state index contributed by atoms with van der Waals surface area (Å²) in [5.74, 6) is 1.54. The first-order chi connectivity index (χ1) is 12.1. The predicted octanol–water partition coefficient (Wildman–Crippen LogP) is 2.93. The molecule has 0 unspecified atom stereocenters. The molecule has 0 radical (unpaired) electrons. The first kappa shape index (κ1) is 16.3. The Bertz CT molecular complexity index is 846. The van der Waals surface area contributed by atoms with Crippen LogP contribution in [0.2, 0.25) is 0 Å². The Hall–Kier alpha value is -2.21. The Labute approximate surface area is 148 Å². The highest BCUT2D eigenvalue weighted by atomic mass is 32.2. The SMILES string of the molecule is O=S(=O)(CCCc1ccccc1)Nc1c2c(cc3c1OCC3)OCC2. The Morgan fingerprint density at radius 3 is 2.68 bits per heavy atom. The maximum atomic E-state index is 12.6. The van der Waals surface area contributed by atoms with Gasteiger partial charge in [0.1, 0.15) is 11.5 Å². The normalized spacial score (nSPS) is 15.2. The summed E-state index contributed by atoms with van der Waals surface area (Å²) < 4.78 is 39.3. The molecule has 2 heterocycles. The summed E-state index contributed by atoms with van der Waals surface area (Å²) in [7, 11) is -3.43. The second-order valence-corrected chi connectivity index (χ2v) is 8.27. The molecule has 1 N–H and O–H groups in total. The van der Waals surface area contributed by atoms with E-state index in [-0.39, 0.29) is 5.75 Å². The van der Waals surface area contributed by atoms with Crippen LogP contribution in [0.1, 0.15) is 23.1 Å². The molecule has 0 bridgehead atoms. The number of rotatable bonds is 6. The molecule has 0 saturated heterocycles. The van der Waals surface area contributed by atoms with Crippen molar-refractivity contribution in [3.8, 4) is 11.5 Å². The van der Waals surface area contributed by atoms with Gasteiger partial charge >= 0.3 is 0 Å². The molecule has 25 heavy (non-hydrogen) atoms. The number of sulfonamides is 1. The van der Waals surface area contributed by atoms with Crippen LogP contribution >= 0.6 is 0 Å². The third kappa shape index (κ3) is 3.44. The van der Waals surface area contributed by atoms with Gasteiger partial charge in [0.25, 0.3) is 0 Å². The zero-order chi connectivity index (χ0) is 17.3. The van der Waals surface area contributed by atoms with Crippen molar-refractivity contribution in [2.75, 3.05) is 23.7 Å². The zero-order valence-electron chi connectivity index (χ0n) is 14.0. The fraction of sp³-hybridized carbons (Fsp3) is 0.368. The largest absolute Gasteiger partial charge is 0.493 e. The lowest BCUT2D eigenvalue weighted by molar-refractivity contribution is 0.356. The first-order valence-electron chi connectivity index (χ1n) is 8.61. The smallest absolute Gasteiger partial charge is 0.232 e. The summed E-state index contributed by atoms with van der Waals surface area (Å²) >= 11 is 0. The maximum absolute atomic E-state index is 12.6. The van der Waals surface area contributed by atoms with Crippen LogP contribution < -0.4 is 14.2 Å². The second-order valence-electron chi connectivity index (χ2n) is 6.42. The van der Waals surface area contributed by atoms with E-state index in [0.29, 0.717) is 37.5 Å². The van der Waals surface area contributed by atoms with Gasteiger partial charge < -0.3 is 9.47 Å². The lowest BCUT2D eigenvalue weighted by Gasteiger charge is -2.15. The molecule has 0 fully saturated rings. The van der Waals surface area contributed by atoms with Crippen molar-refractivity contribution in [2.45, 2.75) is 25.7 Å². The Kier molecular flexibility index (Phi) is 4.29. The fourth-order valence-electron chi connectivity index (χ4n) is 3.41. The van der Waals surface area contributed by atoms with Crippen LogP contribution in [0.3, 0.4) is 0 Å². The van der Waals surface area contributed by atoms with Crippen LogP contribution in [0.15, 0.2) is 36.4 Å². The minimum Gasteiger partial charge on any atom is -0.493 e. The summed E-state index contributed by atoms with van der Waals surface area (Å²) in [4.78, 5) is 0. The number of fused-ring (bicyclic) bond motifs is 2. The van der Waals surface area contributed by atoms with Crippen LogP contribution in [-0.2, 0) is 29.3 Å². The van der Waals surface area contributed by atoms with Gasteiger partial charge in [-0.25, -0.2) is 8.42 Å². The van der Waals surface area contributed by atoms with Gasteiger partial charge in [0.2, 0.25) is 10.0 Å². The van der Waals surface area contributed by atoms with Gasteiger partial charge in [0.05, 0.1) is 24.7 Å². The standard InChI is InChI=1S/C19H21NO4S/c21-25(22,12-4-7-14-5-2-1-3-6-14)20-18-16-9-11-23-17(16)13-15-8-10-24-19(15)18/h1-3,5-6,13,20H,4,7-12H2. The van der Waals surface area contributed by atoms with Crippen LogP contribution in [0, 0.1) is 0 Å². The molecule has 0 spiro atoms. The summed E-state index contributed by atoms with van der Waals surface area (Å²) in [6.07, 6.45) is 2.81. The number of ether oxygens (including phenoxy) is 2. The van der Waals surface area contributed by atoms with Crippen molar-refractivity contribution in [1.82, 2.24) is 0 Å². The molecule has 0 aromatic heterocycles. The zero-order valence-corrected chi connectivity index (χ0v) is 14.8. The number of hydrogen-bond acceptors (Lipinski definition) is 4. The van der Waals surface area contributed by atoms with E-state index in [1.54, 1.807) is 0 Å². The third-order valence-electron chi connectivity index (χ3n) is 4.63. The summed E-state index contributed by atoms with van der Waals surface area (Å²) in [5.41, 5.74) is 3.66.